The smallest absolute Gasteiger partial charge is 0.0686 e. The van der Waals surface area contributed by atoms with E-state index in [9.17, 15) is 0 Å². The van der Waals surface area contributed by atoms with Crippen LogP contribution in [0.5, 0.6) is 0 Å². The monoisotopic (exact) mass is 187 g/mol. The zero-order chi connectivity index (χ0) is 9.97. The van der Waals surface area contributed by atoms with Gasteiger partial charge in [-0.25, -0.2) is 0 Å². The first-order valence-corrected chi connectivity index (χ1v) is 4.77. The number of nitriles is 1. The van der Waals surface area contributed by atoms with E-state index in [0.29, 0.717) is 0 Å². The second-order valence-electron chi connectivity index (χ2n) is 3.63. The van der Waals surface area contributed by atoms with Gasteiger partial charge in [-0.05, 0) is 12.0 Å². The molecular formula is C11H13N3. The fraction of sp³-hybridized carbons (Fsp3) is 0.364. The molecule has 3 unspecified atom stereocenters. The van der Waals surface area contributed by atoms with Gasteiger partial charge in [0.05, 0.1) is 18.2 Å². The maximum atomic E-state index is 8.97. The molecule has 1 aromatic carbocycles. The summed E-state index contributed by atoms with van der Waals surface area (Å²) in [6, 6.07) is 12.4. The van der Waals surface area contributed by atoms with Crippen molar-refractivity contribution >= 4 is 0 Å². The predicted molar refractivity (Wildman–Crippen MR) is 54.0 cm³/mol. The maximum Gasteiger partial charge on any atom is 0.0686 e. The summed E-state index contributed by atoms with van der Waals surface area (Å²) < 4.78 is 0. The minimum absolute atomic E-state index is 0.00704. The molecule has 2 rings (SSSR count). The number of benzene rings is 1. The van der Waals surface area contributed by atoms with Crippen LogP contribution in [0.4, 0.5) is 0 Å². The zero-order valence-corrected chi connectivity index (χ0v) is 7.85. The zero-order valence-electron chi connectivity index (χ0n) is 7.85. The molecule has 0 aliphatic carbocycles. The predicted octanol–water partition coefficient (Wildman–Crippen LogP) is 1.15. The minimum atomic E-state index is -0.0511. The first-order valence-electron chi connectivity index (χ1n) is 4.77. The van der Waals surface area contributed by atoms with Crippen LogP contribution < -0.4 is 11.1 Å². The number of hydrogen-bond acceptors (Lipinski definition) is 3. The fourth-order valence-corrected chi connectivity index (χ4v) is 1.94. The Bertz CT molecular complexity index is 341. The third-order valence-electron chi connectivity index (χ3n) is 2.63. The standard InChI is InChI=1S/C11H13N3/c12-7-9-6-10(13)14-11(9)8-4-2-1-3-5-8/h1-5,9-11,14H,6,13H2. The van der Waals surface area contributed by atoms with Gasteiger partial charge in [-0.1, -0.05) is 30.3 Å². The molecule has 0 radical (unpaired) electrons. The molecule has 0 bridgehead atoms. The van der Waals surface area contributed by atoms with Crippen molar-refractivity contribution in [2.24, 2.45) is 11.7 Å². The molecular weight excluding hydrogens is 174 g/mol. The number of hydrogen-bond donors (Lipinski definition) is 2. The van der Waals surface area contributed by atoms with Crippen molar-refractivity contribution < 1.29 is 0 Å². The van der Waals surface area contributed by atoms with Crippen molar-refractivity contribution in [1.82, 2.24) is 5.32 Å². The molecule has 0 saturated carbocycles. The Morgan fingerprint density at radius 1 is 1.36 bits per heavy atom. The van der Waals surface area contributed by atoms with Crippen LogP contribution in [0.1, 0.15) is 18.0 Å². The average Bonchev–Trinajstić information content (AvgIpc) is 2.61. The van der Waals surface area contributed by atoms with Gasteiger partial charge in [-0.3, -0.25) is 5.32 Å². The number of nitrogens with one attached hydrogen (secondary N) is 1. The largest absolute Gasteiger partial charge is 0.316 e. The van der Waals surface area contributed by atoms with Crippen LogP contribution in [-0.2, 0) is 0 Å². The molecule has 0 spiro atoms. The fourth-order valence-electron chi connectivity index (χ4n) is 1.94. The van der Waals surface area contributed by atoms with Gasteiger partial charge in [0, 0.05) is 6.04 Å². The molecule has 14 heavy (non-hydrogen) atoms. The first-order chi connectivity index (χ1) is 6.81. The van der Waals surface area contributed by atoms with Crippen LogP contribution in [0.2, 0.25) is 0 Å². The van der Waals surface area contributed by atoms with Crippen molar-refractivity contribution in [1.29, 1.82) is 5.26 Å². The summed E-state index contributed by atoms with van der Waals surface area (Å²) in [6.07, 6.45) is 0.681. The van der Waals surface area contributed by atoms with E-state index in [1.165, 1.54) is 0 Å². The van der Waals surface area contributed by atoms with E-state index >= 15 is 0 Å². The summed E-state index contributed by atoms with van der Waals surface area (Å²) in [5.74, 6) is -0.00704. The van der Waals surface area contributed by atoms with Gasteiger partial charge in [-0.15, -0.1) is 0 Å². The summed E-state index contributed by atoms with van der Waals surface area (Å²) in [7, 11) is 0. The first kappa shape index (κ1) is 9.20. The highest BCUT2D eigenvalue weighted by Crippen LogP contribution is 2.30. The van der Waals surface area contributed by atoms with E-state index in [1.54, 1.807) is 0 Å². The molecule has 3 nitrogen and oxygen atoms in total. The molecule has 1 fully saturated rings. The summed E-state index contributed by atoms with van der Waals surface area (Å²) in [5, 5.41) is 12.2. The molecule has 1 aliphatic heterocycles. The SMILES string of the molecule is N#CC1CC(N)NC1c1ccccc1. The molecule has 1 aromatic rings. The Labute approximate surface area is 83.5 Å². The summed E-state index contributed by atoms with van der Waals surface area (Å²) in [4.78, 5) is 0. The van der Waals surface area contributed by atoms with Crippen LogP contribution in [0.3, 0.4) is 0 Å². The maximum absolute atomic E-state index is 8.97. The van der Waals surface area contributed by atoms with Crippen molar-refractivity contribution in [2.75, 3.05) is 0 Å². The van der Waals surface area contributed by atoms with E-state index in [-0.39, 0.29) is 18.1 Å². The summed E-state index contributed by atoms with van der Waals surface area (Å²) in [6.45, 7) is 0. The quantitative estimate of drug-likeness (QED) is 0.693. The molecule has 1 heterocycles. The highest BCUT2D eigenvalue weighted by atomic mass is 15.1. The van der Waals surface area contributed by atoms with E-state index in [1.807, 2.05) is 30.3 Å². The van der Waals surface area contributed by atoms with Crippen LogP contribution in [0, 0.1) is 17.2 Å². The summed E-state index contributed by atoms with van der Waals surface area (Å²) in [5.41, 5.74) is 6.91. The van der Waals surface area contributed by atoms with Crippen LogP contribution in [0.15, 0.2) is 30.3 Å². The second kappa shape index (κ2) is 3.79. The van der Waals surface area contributed by atoms with Crippen molar-refractivity contribution in [3.63, 3.8) is 0 Å². The van der Waals surface area contributed by atoms with E-state index < -0.39 is 0 Å². The minimum Gasteiger partial charge on any atom is -0.316 e. The molecule has 1 aliphatic rings. The molecule has 3 N–H and O–H groups in total. The normalized spacial score (nSPS) is 31.3. The Morgan fingerprint density at radius 3 is 2.71 bits per heavy atom. The number of rotatable bonds is 1. The third kappa shape index (κ3) is 1.63. The molecule has 1 saturated heterocycles. The van der Waals surface area contributed by atoms with Gasteiger partial charge >= 0.3 is 0 Å². The van der Waals surface area contributed by atoms with Gasteiger partial charge in [0.2, 0.25) is 0 Å². The number of nitrogens with two attached hydrogens (primary N) is 1. The highest BCUT2D eigenvalue weighted by molar-refractivity contribution is 5.23. The topological polar surface area (TPSA) is 61.8 Å². The van der Waals surface area contributed by atoms with E-state index in [4.69, 9.17) is 11.0 Å². The van der Waals surface area contributed by atoms with Gasteiger partial charge in [0.1, 0.15) is 0 Å². The lowest BCUT2D eigenvalue weighted by molar-refractivity contribution is 0.542. The van der Waals surface area contributed by atoms with Gasteiger partial charge in [-0.2, -0.15) is 5.26 Å². The van der Waals surface area contributed by atoms with Crippen LogP contribution in [-0.4, -0.2) is 6.17 Å². The van der Waals surface area contributed by atoms with Crippen LogP contribution >= 0.6 is 0 Å². The lowest BCUT2D eigenvalue weighted by Crippen LogP contribution is -2.32. The van der Waals surface area contributed by atoms with E-state index in [2.05, 4.69) is 11.4 Å². The Hall–Kier alpha value is -1.37. The number of nitrogens with zero attached hydrogens (tertiary/aromatic N) is 1. The molecule has 3 atom stereocenters. The van der Waals surface area contributed by atoms with Crippen LogP contribution in [0.25, 0.3) is 0 Å². The van der Waals surface area contributed by atoms with Crippen molar-refractivity contribution in [3.05, 3.63) is 35.9 Å². The van der Waals surface area contributed by atoms with Gasteiger partial charge in [0.15, 0.2) is 0 Å². The Kier molecular flexibility index (Phi) is 2.49. The molecule has 3 heteroatoms. The molecule has 72 valence electrons. The van der Waals surface area contributed by atoms with Gasteiger partial charge in [0.25, 0.3) is 0 Å². The Balaban J connectivity index is 2.23. The lowest BCUT2D eigenvalue weighted by Gasteiger charge is -2.14. The van der Waals surface area contributed by atoms with Crippen molar-refractivity contribution in [2.45, 2.75) is 18.6 Å². The lowest BCUT2D eigenvalue weighted by atomic mass is 9.95. The van der Waals surface area contributed by atoms with Gasteiger partial charge < -0.3 is 5.73 Å². The Morgan fingerprint density at radius 2 is 2.07 bits per heavy atom. The molecule has 0 aromatic heterocycles. The second-order valence-corrected chi connectivity index (χ2v) is 3.63. The molecule has 0 amide bonds. The third-order valence-corrected chi connectivity index (χ3v) is 2.63. The van der Waals surface area contributed by atoms with E-state index in [0.717, 1.165) is 12.0 Å². The summed E-state index contributed by atoms with van der Waals surface area (Å²) >= 11 is 0. The highest BCUT2D eigenvalue weighted by Gasteiger charge is 2.32. The average molecular weight is 187 g/mol. The van der Waals surface area contributed by atoms with Crippen molar-refractivity contribution in [3.8, 4) is 6.07 Å².